The molecule has 3 saturated carbocycles. The van der Waals surface area contributed by atoms with Gasteiger partial charge in [-0.05, 0) is 125 Å². The van der Waals surface area contributed by atoms with E-state index in [2.05, 4.69) is 83.5 Å². The van der Waals surface area contributed by atoms with Gasteiger partial charge >= 0.3 is 0 Å². The lowest BCUT2D eigenvalue weighted by molar-refractivity contribution is -0.0417. The average Bonchev–Trinajstić information content (AvgIpc) is 3.22. The van der Waals surface area contributed by atoms with Crippen LogP contribution >= 0.6 is 0 Å². The first-order valence-electron chi connectivity index (χ1n) is 16.0. The van der Waals surface area contributed by atoms with Gasteiger partial charge < -0.3 is 13.7 Å². The Balaban J connectivity index is 1.34. The zero-order chi connectivity index (χ0) is 28.8. The van der Waals surface area contributed by atoms with E-state index in [4.69, 9.17) is 18.8 Å². The van der Waals surface area contributed by atoms with Crippen LogP contribution in [0.15, 0.2) is 47.1 Å². The van der Waals surface area contributed by atoms with Gasteiger partial charge in [-0.1, -0.05) is 61.0 Å². The third-order valence-corrected chi connectivity index (χ3v) is 12.9. The zero-order valence-corrected chi connectivity index (χ0v) is 28.6. The van der Waals surface area contributed by atoms with Gasteiger partial charge in [-0.3, -0.25) is 0 Å². The summed E-state index contributed by atoms with van der Waals surface area (Å²) in [5.41, 5.74) is 4.68. The van der Waals surface area contributed by atoms with E-state index in [1.54, 1.807) is 5.57 Å². The van der Waals surface area contributed by atoms with E-state index < -0.39 is 16.6 Å². The predicted molar refractivity (Wildman–Crippen MR) is 171 cm³/mol. The van der Waals surface area contributed by atoms with E-state index in [1.165, 1.54) is 44.9 Å². The third-order valence-electron chi connectivity index (χ3n) is 10.9. The van der Waals surface area contributed by atoms with Crippen LogP contribution in [0.1, 0.15) is 70.8 Å². The highest BCUT2D eigenvalue weighted by atomic mass is 28.4. The molecule has 5 rings (SSSR count). The topological polar surface area (TPSA) is 40.0 Å². The second kappa shape index (κ2) is 11.5. The highest BCUT2D eigenvalue weighted by Gasteiger charge is 2.59. The number of hydrogen-bond donors (Lipinski definition) is 0. The van der Waals surface area contributed by atoms with Crippen LogP contribution in [0.3, 0.4) is 0 Å². The fourth-order valence-corrected chi connectivity index (χ4v) is 10.8. The summed E-state index contributed by atoms with van der Waals surface area (Å²) in [5.74, 6) is 2.80. The average molecular weight is 582 g/mol. The molecule has 0 amide bonds. The molecule has 0 unspecified atom stereocenters. The second-order valence-corrected chi connectivity index (χ2v) is 24.7. The van der Waals surface area contributed by atoms with Crippen molar-refractivity contribution in [3.8, 4) is 0 Å². The van der Waals surface area contributed by atoms with Crippen molar-refractivity contribution in [1.82, 2.24) is 0 Å². The fraction of sp³-hybridized carbons (Fsp3) is 0.735. The molecule has 0 N–H and O–H groups in total. The van der Waals surface area contributed by atoms with Crippen molar-refractivity contribution in [2.75, 3.05) is 6.61 Å². The minimum atomic E-state index is -1.67. The van der Waals surface area contributed by atoms with Crippen LogP contribution in [0.25, 0.3) is 0 Å². The number of allylic oxidation sites excluding steroid dienone is 1. The molecule has 0 saturated heterocycles. The van der Waals surface area contributed by atoms with Gasteiger partial charge in [0.25, 0.3) is 0 Å². The van der Waals surface area contributed by atoms with Crippen LogP contribution < -0.4 is 0 Å². The lowest BCUT2D eigenvalue weighted by atomic mass is 9.47. The smallest absolute Gasteiger partial charge is 0.184 e. The van der Waals surface area contributed by atoms with E-state index in [9.17, 15) is 0 Å². The number of hydrogen-bond acceptors (Lipinski definition) is 4. The van der Waals surface area contributed by atoms with Gasteiger partial charge in [-0.25, -0.2) is 0 Å². The first-order valence-corrected chi connectivity index (χ1v) is 22.8. The second-order valence-electron chi connectivity index (χ2n) is 15.8. The van der Waals surface area contributed by atoms with Crippen molar-refractivity contribution in [3.05, 3.63) is 47.5 Å². The Hall–Kier alpha value is -1.22. The van der Waals surface area contributed by atoms with Gasteiger partial charge in [0, 0.05) is 12.0 Å². The molecule has 0 bridgehead atoms. The Morgan fingerprint density at radius 3 is 2.35 bits per heavy atom. The number of nitrogens with zero attached hydrogens (tertiary/aromatic N) is 1. The summed E-state index contributed by atoms with van der Waals surface area (Å²) < 4.78 is 13.1. The molecule has 0 aliphatic heterocycles. The van der Waals surface area contributed by atoms with Gasteiger partial charge in [-0.15, -0.1) is 0 Å². The lowest BCUT2D eigenvalue weighted by Gasteiger charge is -2.58. The summed E-state index contributed by atoms with van der Waals surface area (Å²) in [4.78, 5) is 6.03. The SMILES string of the molecule is C[C@]12CC[C@H]3[C@@H](CC=C4C[C@@H](O[Si](C)(C)C)CC[C@@]43C)[C@@H]1CC[C@@H]2/C(CO[Si](C)(C)C)=N\OCc1ccccc1. The minimum Gasteiger partial charge on any atom is -0.414 e. The molecular formula is C34H55NO3Si2. The van der Waals surface area contributed by atoms with Crippen molar-refractivity contribution in [2.45, 2.75) is 117 Å². The van der Waals surface area contributed by atoms with Crippen molar-refractivity contribution in [2.24, 2.45) is 39.7 Å². The number of fused-ring (bicyclic) bond motifs is 5. The number of benzene rings is 1. The Kier molecular flexibility index (Phi) is 8.67. The summed E-state index contributed by atoms with van der Waals surface area (Å²) >= 11 is 0. The Labute approximate surface area is 246 Å². The zero-order valence-electron chi connectivity index (χ0n) is 26.6. The standard InChI is InChI=1S/C34H55NO3Si2/c1-33-20-18-27(38-40(6,7)8)22-26(33)14-15-28-29-16-17-31(34(29,2)21-19-30(28)33)32(24-37-39(3,4)5)35-36-23-25-12-10-9-11-13-25/h9-14,27-31H,15-24H2,1-8H3/b35-32-/t27-,28-,29-,30-,31+,33-,34-/m0/s1. The van der Waals surface area contributed by atoms with Crippen LogP contribution in [-0.2, 0) is 20.3 Å². The molecule has 0 heterocycles. The molecule has 0 aromatic heterocycles. The van der Waals surface area contributed by atoms with Crippen molar-refractivity contribution < 1.29 is 13.7 Å². The molecule has 4 aliphatic carbocycles. The monoisotopic (exact) mass is 581 g/mol. The van der Waals surface area contributed by atoms with Crippen LogP contribution in [0.4, 0.5) is 0 Å². The first-order chi connectivity index (χ1) is 18.8. The highest BCUT2D eigenvalue weighted by molar-refractivity contribution is 6.70. The summed E-state index contributed by atoms with van der Waals surface area (Å²) in [6.07, 6.45) is 13.2. The molecule has 1 aromatic carbocycles. The van der Waals surface area contributed by atoms with Crippen LogP contribution in [0.2, 0.25) is 39.3 Å². The molecular weight excluding hydrogens is 527 g/mol. The molecule has 7 atom stereocenters. The largest absolute Gasteiger partial charge is 0.414 e. The van der Waals surface area contributed by atoms with Gasteiger partial charge in [-0.2, -0.15) is 0 Å². The number of rotatable bonds is 9. The molecule has 0 spiro atoms. The van der Waals surface area contributed by atoms with Gasteiger partial charge in [0.15, 0.2) is 16.6 Å². The van der Waals surface area contributed by atoms with Crippen LogP contribution in [-0.4, -0.2) is 35.1 Å². The molecule has 4 nitrogen and oxygen atoms in total. The molecule has 222 valence electrons. The predicted octanol–water partition coefficient (Wildman–Crippen LogP) is 9.21. The van der Waals surface area contributed by atoms with E-state index >= 15 is 0 Å². The Morgan fingerprint density at radius 2 is 1.65 bits per heavy atom. The van der Waals surface area contributed by atoms with E-state index in [-0.39, 0.29) is 5.41 Å². The maximum absolute atomic E-state index is 6.61. The minimum absolute atomic E-state index is 0.277. The Bertz CT molecular complexity index is 1090. The van der Waals surface area contributed by atoms with Crippen LogP contribution in [0, 0.1) is 34.5 Å². The molecule has 40 heavy (non-hydrogen) atoms. The van der Waals surface area contributed by atoms with Gasteiger partial charge in [0.2, 0.25) is 0 Å². The maximum Gasteiger partial charge on any atom is 0.184 e. The van der Waals surface area contributed by atoms with E-state index in [0.717, 1.165) is 35.4 Å². The van der Waals surface area contributed by atoms with Crippen molar-refractivity contribution in [3.63, 3.8) is 0 Å². The maximum atomic E-state index is 6.61. The van der Waals surface area contributed by atoms with Crippen molar-refractivity contribution >= 4 is 22.3 Å². The molecule has 0 radical (unpaired) electrons. The first kappa shape index (κ1) is 30.2. The summed E-state index contributed by atoms with van der Waals surface area (Å²) in [6.45, 7) is 20.2. The molecule has 6 heteroatoms. The number of oxime groups is 1. The van der Waals surface area contributed by atoms with Crippen molar-refractivity contribution in [1.29, 1.82) is 0 Å². The van der Waals surface area contributed by atoms with E-state index in [0.29, 0.717) is 30.7 Å². The summed E-state index contributed by atoms with van der Waals surface area (Å²) in [6, 6.07) is 10.4. The third kappa shape index (κ3) is 6.40. The lowest BCUT2D eigenvalue weighted by Crippen LogP contribution is -2.51. The van der Waals surface area contributed by atoms with Gasteiger partial charge in [0.1, 0.15) is 6.61 Å². The van der Waals surface area contributed by atoms with E-state index in [1.807, 2.05) is 6.07 Å². The van der Waals surface area contributed by atoms with Crippen LogP contribution in [0.5, 0.6) is 0 Å². The highest BCUT2D eigenvalue weighted by Crippen LogP contribution is 2.66. The summed E-state index contributed by atoms with van der Waals surface area (Å²) in [5, 5.41) is 4.85. The Morgan fingerprint density at radius 1 is 0.900 bits per heavy atom. The molecule has 1 aromatic rings. The fourth-order valence-electron chi connectivity index (χ4n) is 9.02. The van der Waals surface area contributed by atoms with Gasteiger partial charge in [0.05, 0.1) is 12.3 Å². The molecule has 4 aliphatic rings. The quantitative estimate of drug-likeness (QED) is 0.126. The normalized spacial score (nSPS) is 36.4. The summed E-state index contributed by atoms with van der Waals surface area (Å²) in [7, 11) is -3.18. The molecule has 3 fully saturated rings.